The number of hydrogen-bond acceptors (Lipinski definition) is 7. The zero-order valence-electron chi connectivity index (χ0n) is 19.8. The number of aromatic nitrogens is 4. The highest BCUT2D eigenvalue weighted by atomic mass is 32.1. The van der Waals surface area contributed by atoms with E-state index in [2.05, 4.69) is 26.0 Å². The summed E-state index contributed by atoms with van der Waals surface area (Å²) >= 11 is 1.20. The molecule has 1 aliphatic rings. The number of benzene rings is 1. The topological polar surface area (TPSA) is 111 Å². The monoisotopic (exact) mass is 505 g/mol. The number of fused-ring (bicyclic) bond motifs is 1. The maximum absolute atomic E-state index is 13.6. The summed E-state index contributed by atoms with van der Waals surface area (Å²) in [6.45, 7) is 3.10. The van der Waals surface area contributed by atoms with E-state index in [1.165, 1.54) is 34.6 Å². The van der Waals surface area contributed by atoms with Crippen molar-refractivity contribution in [2.45, 2.75) is 32.1 Å². The number of nitrogens with zero attached hydrogens (tertiary/aromatic N) is 7. The smallest absolute Gasteiger partial charge is 0.407 e. The van der Waals surface area contributed by atoms with Crippen LogP contribution in [0, 0.1) is 17.1 Å². The van der Waals surface area contributed by atoms with Crippen LogP contribution in [0.4, 0.5) is 20.1 Å². The van der Waals surface area contributed by atoms with Gasteiger partial charge in [-0.25, -0.2) is 14.2 Å². The molecule has 3 aromatic heterocycles. The Bertz CT molecular complexity index is 1480. The van der Waals surface area contributed by atoms with Crippen molar-refractivity contribution in [3.05, 3.63) is 59.2 Å². The molecule has 11 heteroatoms. The highest BCUT2D eigenvalue weighted by Crippen LogP contribution is 2.34. The quantitative estimate of drug-likeness (QED) is 0.404. The number of carboxylic acid groups (broad SMARTS) is 1. The molecule has 0 unspecified atom stereocenters. The van der Waals surface area contributed by atoms with E-state index in [4.69, 9.17) is 4.98 Å². The molecule has 9 nitrogen and oxygen atoms in total. The maximum atomic E-state index is 13.6. The van der Waals surface area contributed by atoms with E-state index < -0.39 is 11.9 Å². The lowest BCUT2D eigenvalue weighted by Gasteiger charge is -2.30. The summed E-state index contributed by atoms with van der Waals surface area (Å²) in [4.78, 5) is 24.1. The first kappa shape index (κ1) is 23.7. The van der Waals surface area contributed by atoms with Gasteiger partial charge in [-0.05, 0) is 55.0 Å². The molecule has 0 saturated carbocycles. The van der Waals surface area contributed by atoms with Crippen molar-refractivity contribution in [2.75, 3.05) is 25.0 Å². The van der Waals surface area contributed by atoms with E-state index in [1.54, 1.807) is 0 Å². The Morgan fingerprint density at radius 2 is 2.06 bits per heavy atom. The Morgan fingerprint density at radius 1 is 1.28 bits per heavy atom. The standard InChI is InChI=1S/C25H24FN7O2S/c1-3-20-23(31(2)24-29-22(30-36-24)19-6-5-18(26)12-17(19)13-27)33-14-16(4-7-21(33)28-20)15-8-10-32(11-9-15)25(34)35/h4-7,12,14-15H,3,8-11H2,1-2H3,(H,34,35). The molecule has 1 saturated heterocycles. The molecule has 184 valence electrons. The van der Waals surface area contributed by atoms with Crippen LogP contribution in [0.5, 0.6) is 0 Å². The Hall–Kier alpha value is -4.04. The second kappa shape index (κ2) is 9.54. The van der Waals surface area contributed by atoms with E-state index in [9.17, 15) is 19.6 Å². The van der Waals surface area contributed by atoms with Crippen molar-refractivity contribution in [1.82, 2.24) is 23.6 Å². The molecule has 4 heterocycles. The van der Waals surface area contributed by atoms with Crippen LogP contribution >= 0.6 is 11.5 Å². The molecule has 4 aromatic rings. The van der Waals surface area contributed by atoms with Crippen LogP contribution in [-0.4, -0.2) is 55.0 Å². The zero-order valence-corrected chi connectivity index (χ0v) is 20.7. The van der Waals surface area contributed by atoms with Crippen molar-refractivity contribution in [3.8, 4) is 17.5 Å². The average Bonchev–Trinajstić information content (AvgIpc) is 3.53. The summed E-state index contributed by atoms with van der Waals surface area (Å²) < 4.78 is 20.1. The number of aryl methyl sites for hydroxylation is 1. The van der Waals surface area contributed by atoms with Crippen LogP contribution in [0.15, 0.2) is 36.5 Å². The molecule has 0 aliphatic carbocycles. The summed E-state index contributed by atoms with van der Waals surface area (Å²) in [5, 5.41) is 19.3. The van der Waals surface area contributed by atoms with E-state index in [0.717, 1.165) is 42.0 Å². The highest BCUT2D eigenvalue weighted by Gasteiger charge is 2.25. The van der Waals surface area contributed by atoms with Gasteiger partial charge in [0, 0.05) is 43.4 Å². The van der Waals surface area contributed by atoms with E-state index in [0.29, 0.717) is 29.6 Å². The number of nitriles is 1. The summed E-state index contributed by atoms with van der Waals surface area (Å²) in [6, 6.07) is 10.1. The molecule has 0 spiro atoms. The number of amides is 1. The largest absolute Gasteiger partial charge is 0.465 e. The number of imidazole rings is 1. The van der Waals surface area contributed by atoms with Gasteiger partial charge < -0.3 is 14.9 Å². The summed E-state index contributed by atoms with van der Waals surface area (Å²) in [5.41, 5.74) is 3.54. The minimum atomic E-state index is -0.867. The third kappa shape index (κ3) is 4.24. The van der Waals surface area contributed by atoms with Gasteiger partial charge in [-0.3, -0.25) is 4.40 Å². The molecule has 5 rings (SSSR count). The minimum absolute atomic E-state index is 0.185. The lowest BCUT2D eigenvalue weighted by Crippen LogP contribution is -2.36. The first-order chi connectivity index (χ1) is 17.4. The van der Waals surface area contributed by atoms with Gasteiger partial charge in [0.1, 0.15) is 17.3 Å². The van der Waals surface area contributed by atoms with Crippen molar-refractivity contribution in [1.29, 1.82) is 5.26 Å². The lowest BCUT2D eigenvalue weighted by atomic mass is 9.90. The Balaban J connectivity index is 1.49. The first-order valence-corrected chi connectivity index (χ1v) is 12.4. The first-order valence-electron chi connectivity index (χ1n) is 11.7. The Kier molecular flexibility index (Phi) is 6.28. The fourth-order valence-corrected chi connectivity index (χ4v) is 5.33. The highest BCUT2D eigenvalue weighted by molar-refractivity contribution is 7.10. The maximum Gasteiger partial charge on any atom is 0.407 e. The van der Waals surface area contributed by atoms with Gasteiger partial charge in [-0.1, -0.05) is 13.0 Å². The molecular formula is C25H24FN7O2S. The molecule has 36 heavy (non-hydrogen) atoms. The van der Waals surface area contributed by atoms with Crippen LogP contribution < -0.4 is 4.90 Å². The molecule has 1 aliphatic heterocycles. The number of likely N-dealkylation sites (tertiary alicyclic amines) is 1. The third-order valence-electron chi connectivity index (χ3n) is 6.62. The number of carbonyl (C=O) groups is 1. The van der Waals surface area contributed by atoms with Crippen LogP contribution in [-0.2, 0) is 6.42 Å². The number of rotatable bonds is 5. The fourth-order valence-electron chi connectivity index (χ4n) is 4.69. The van der Waals surface area contributed by atoms with Gasteiger partial charge >= 0.3 is 6.09 Å². The number of halogens is 1. The van der Waals surface area contributed by atoms with Gasteiger partial charge in [-0.15, -0.1) is 0 Å². The van der Waals surface area contributed by atoms with E-state index in [1.807, 2.05) is 31.0 Å². The SMILES string of the molecule is CCc1nc2ccc(C3CCN(C(=O)O)CC3)cn2c1N(C)c1nc(-c2ccc(F)cc2C#N)ns1. The number of anilines is 2. The number of hydrogen-bond donors (Lipinski definition) is 1. The van der Waals surface area contributed by atoms with Gasteiger partial charge in [0.15, 0.2) is 5.82 Å². The van der Waals surface area contributed by atoms with Crippen LogP contribution in [0.3, 0.4) is 0 Å². The van der Waals surface area contributed by atoms with Crippen LogP contribution in [0.25, 0.3) is 17.0 Å². The lowest BCUT2D eigenvalue weighted by molar-refractivity contribution is 0.132. The third-order valence-corrected chi connectivity index (χ3v) is 7.41. The van der Waals surface area contributed by atoms with E-state index >= 15 is 0 Å². The predicted molar refractivity (Wildman–Crippen MR) is 134 cm³/mol. The molecule has 0 atom stereocenters. The molecule has 0 bridgehead atoms. The van der Waals surface area contributed by atoms with Gasteiger partial charge in [0.25, 0.3) is 0 Å². The number of pyridine rings is 1. The Labute approximate surface area is 211 Å². The second-order valence-corrected chi connectivity index (χ2v) is 9.46. The minimum Gasteiger partial charge on any atom is -0.465 e. The second-order valence-electron chi connectivity index (χ2n) is 8.73. The fraction of sp³-hybridized carbons (Fsp3) is 0.320. The zero-order chi connectivity index (χ0) is 25.4. The van der Waals surface area contributed by atoms with Crippen LogP contribution in [0.2, 0.25) is 0 Å². The summed E-state index contributed by atoms with van der Waals surface area (Å²) in [6.07, 6.45) is 3.49. The molecule has 0 radical (unpaired) electrons. The van der Waals surface area contributed by atoms with Gasteiger partial charge in [0.05, 0.1) is 17.3 Å². The van der Waals surface area contributed by atoms with Crippen molar-refractivity contribution < 1.29 is 14.3 Å². The van der Waals surface area contributed by atoms with E-state index in [-0.39, 0.29) is 11.5 Å². The molecule has 1 N–H and O–H groups in total. The predicted octanol–water partition coefficient (Wildman–Crippen LogP) is 5.05. The van der Waals surface area contributed by atoms with Crippen molar-refractivity contribution in [2.24, 2.45) is 0 Å². The molecule has 1 aromatic carbocycles. The Morgan fingerprint density at radius 3 is 2.75 bits per heavy atom. The molecular weight excluding hydrogens is 481 g/mol. The van der Waals surface area contributed by atoms with Crippen molar-refractivity contribution in [3.63, 3.8) is 0 Å². The van der Waals surface area contributed by atoms with Gasteiger partial charge in [0.2, 0.25) is 5.13 Å². The normalized spacial score (nSPS) is 14.2. The average molecular weight is 506 g/mol. The summed E-state index contributed by atoms with van der Waals surface area (Å²) in [7, 11) is 1.90. The summed E-state index contributed by atoms with van der Waals surface area (Å²) in [5.74, 6) is 1.04. The van der Waals surface area contributed by atoms with Crippen molar-refractivity contribution >= 4 is 34.2 Å². The van der Waals surface area contributed by atoms with Gasteiger partial charge in [-0.2, -0.15) is 14.6 Å². The molecule has 1 fully saturated rings. The number of piperidine rings is 1. The molecule has 1 amide bonds. The van der Waals surface area contributed by atoms with Crippen LogP contribution in [0.1, 0.15) is 42.5 Å².